The van der Waals surface area contributed by atoms with E-state index in [1.54, 1.807) is 25.2 Å². The fourth-order valence-corrected chi connectivity index (χ4v) is 2.78. The normalized spacial score (nSPS) is 12.1. The smallest absolute Gasteiger partial charge is 0.151 e. The lowest BCUT2D eigenvalue weighted by Crippen LogP contribution is -2.11. The predicted octanol–water partition coefficient (Wildman–Crippen LogP) is 6.38. The van der Waals surface area contributed by atoms with E-state index in [4.69, 9.17) is 23.2 Å². The van der Waals surface area contributed by atoms with Gasteiger partial charge in [-0.05, 0) is 35.2 Å². The molecule has 0 amide bonds. The Hall–Kier alpha value is -1.58. The molecule has 3 nitrogen and oxygen atoms in total. The molecule has 2 rings (SSSR count). The number of hydrogen-bond acceptors (Lipinski definition) is 3. The number of nitrogens with zero attached hydrogens (tertiary/aromatic N) is 2. The quantitative estimate of drug-likeness (QED) is 0.635. The Bertz CT molecular complexity index is 714. The fraction of sp³-hybridized carbons (Fsp3) is 0.294. The Morgan fingerprint density at radius 1 is 1.05 bits per heavy atom. The number of phenols is 1. The van der Waals surface area contributed by atoms with Crippen LogP contribution in [0.1, 0.15) is 26.3 Å². The second-order valence-electron chi connectivity index (χ2n) is 6.04. The van der Waals surface area contributed by atoms with Crippen molar-refractivity contribution in [3.8, 4) is 16.9 Å². The minimum absolute atomic E-state index is 0.0219. The van der Waals surface area contributed by atoms with E-state index >= 15 is 0 Å². The summed E-state index contributed by atoms with van der Waals surface area (Å²) in [4.78, 5) is 0. The van der Waals surface area contributed by atoms with Crippen LogP contribution in [0.5, 0.6) is 5.75 Å². The number of phenolic OH excluding ortho intramolecular Hbond substituents is 1. The van der Waals surface area contributed by atoms with Crippen molar-refractivity contribution in [3.05, 3.63) is 45.9 Å². The van der Waals surface area contributed by atoms with Crippen LogP contribution in [0.2, 0.25) is 10.0 Å². The molecule has 0 aliphatic heterocycles. The lowest BCUT2D eigenvalue weighted by Gasteiger charge is -2.22. The summed E-state index contributed by atoms with van der Waals surface area (Å²) in [7, 11) is 1.56. The molecule has 0 aromatic heterocycles. The first-order valence-electron chi connectivity index (χ1n) is 6.87. The van der Waals surface area contributed by atoms with Gasteiger partial charge in [0.05, 0.1) is 10.0 Å². The van der Waals surface area contributed by atoms with Gasteiger partial charge in [-0.1, -0.05) is 50.0 Å². The largest absolute Gasteiger partial charge is 0.505 e. The SMILES string of the molecule is C/N=N/c1cc(C(C)(C)C)cc(-c2c(Cl)cccc2Cl)c1O. The van der Waals surface area contributed by atoms with E-state index in [1.807, 2.05) is 12.1 Å². The molecule has 0 fully saturated rings. The van der Waals surface area contributed by atoms with Crippen molar-refractivity contribution >= 4 is 28.9 Å². The van der Waals surface area contributed by atoms with Crippen LogP contribution in [-0.2, 0) is 5.41 Å². The third-order valence-corrected chi connectivity index (χ3v) is 4.03. The molecule has 0 unspecified atom stereocenters. The molecule has 0 atom stereocenters. The monoisotopic (exact) mass is 336 g/mol. The Labute approximate surface area is 140 Å². The van der Waals surface area contributed by atoms with Crippen molar-refractivity contribution in [2.75, 3.05) is 7.05 Å². The van der Waals surface area contributed by atoms with E-state index in [9.17, 15) is 5.11 Å². The minimum Gasteiger partial charge on any atom is -0.505 e. The van der Waals surface area contributed by atoms with Gasteiger partial charge in [0.25, 0.3) is 0 Å². The number of benzene rings is 2. The molecular formula is C17H18Cl2N2O. The van der Waals surface area contributed by atoms with Crippen LogP contribution in [0.15, 0.2) is 40.6 Å². The third-order valence-electron chi connectivity index (χ3n) is 3.40. The van der Waals surface area contributed by atoms with Crippen molar-refractivity contribution in [1.82, 2.24) is 0 Å². The Morgan fingerprint density at radius 2 is 1.64 bits per heavy atom. The van der Waals surface area contributed by atoms with Crippen molar-refractivity contribution in [1.29, 1.82) is 0 Å². The zero-order valence-corrected chi connectivity index (χ0v) is 14.5. The molecule has 1 N–H and O–H groups in total. The maximum atomic E-state index is 10.5. The van der Waals surface area contributed by atoms with Gasteiger partial charge in [-0.3, -0.25) is 0 Å². The van der Waals surface area contributed by atoms with Crippen LogP contribution < -0.4 is 0 Å². The summed E-state index contributed by atoms with van der Waals surface area (Å²) in [5, 5.41) is 19.3. The Morgan fingerprint density at radius 3 is 2.14 bits per heavy atom. The highest BCUT2D eigenvalue weighted by atomic mass is 35.5. The van der Waals surface area contributed by atoms with Gasteiger partial charge < -0.3 is 5.11 Å². The first-order chi connectivity index (χ1) is 10.3. The first-order valence-corrected chi connectivity index (χ1v) is 7.63. The highest BCUT2D eigenvalue weighted by molar-refractivity contribution is 6.39. The number of azo groups is 1. The van der Waals surface area contributed by atoms with Crippen molar-refractivity contribution < 1.29 is 5.11 Å². The van der Waals surface area contributed by atoms with E-state index in [-0.39, 0.29) is 11.2 Å². The zero-order chi connectivity index (χ0) is 16.5. The van der Waals surface area contributed by atoms with Gasteiger partial charge in [0.2, 0.25) is 0 Å². The van der Waals surface area contributed by atoms with E-state index in [0.717, 1.165) is 5.56 Å². The molecule has 0 heterocycles. The second kappa shape index (κ2) is 6.27. The highest BCUT2D eigenvalue weighted by Crippen LogP contribution is 2.45. The maximum Gasteiger partial charge on any atom is 0.151 e. The van der Waals surface area contributed by atoms with Crippen LogP contribution in [0, 0.1) is 0 Å². The molecule has 116 valence electrons. The van der Waals surface area contributed by atoms with Crippen LogP contribution in [0.25, 0.3) is 11.1 Å². The maximum absolute atomic E-state index is 10.5. The summed E-state index contributed by atoms with van der Waals surface area (Å²) in [5.41, 5.74) is 2.46. The molecular weight excluding hydrogens is 319 g/mol. The molecule has 0 radical (unpaired) electrons. The first kappa shape index (κ1) is 16.8. The molecule has 0 bridgehead atoms. The molecule has 0 aliphatic carbocycles. The van der Waals surface area contributed by atoms with E-state index < -0.39 is 0 Å². The summed E-state index contributed by atoms with van der Waals surface area (Å²) in [6, 6.07) is 8.99. The van der Waals surface area contributed by atoms with Gasteiger partial charge in [-0.25, -0.2) is 0 Å². The molecule has 22 heavy (non-hydrogen) atoms. The summed E-state index contributed by atoms with van der Waals surface area (Å²) in [6.45, 7) is 6.26. The summed E-state index contributed by atoms with van der Waals surface area (Å²) < 4.78 is 0. The molecule has 2 aromatic rings. The number of halogens is 2. The Balaban J connectivity index is 2.83. The molecule has 0 spiro atoms. The van der Waals surface area contributed by atoms with Gasteiger partial charge in [0, 0.05) is 18.2 Å². The second-order valence-corrected chi connectivity index (χ2v) is 6.85. The minimum atomic E-state index is -0.117. The molecule has 5 heteroatoms. The van der Waals surface area contributed by atoms with Gasteiger partial charge in [0.1, 0.15) is 5.69 Å². The lowest BCUT2D eigenvalue weighted by atomic mass is 9.84. The molecule has 0 saturated carbocycles. The third kappa shape index (κ3) is 3.26. The van der Waals surface area contributed by atoms with E-state index in [2.05, 4.69) is 31.0 Å². The number of hydrogen-bond donors (Lipinski definition) is 1. The highest BCUT2D eigenvalue weighted by Gasteiger charge is 2.21. The standard InChI is InChI=1S/C17H18Cl2N2O/c1-17(2,3)10-8-11(16(22)14(9-10)21-20-4)15-12(18)6-5-7-13(15)19/h5-9,22H,1-4H3/b21-20+. The van der Waals surface area contributed by atoms with Gasteiger partial charge in [0.15, 0.2) is 5.75 Å². The lowest BCUT2D eigenvalue weighted by molar-refractivity contribution is 0.477. The van der Waals surface area contributed by atoms with E-state index in [1.165, 1.54) is 0 Å². The van der Waals surface area contributed by atoms with Gasteiger partial charge in [-0.15, -0.1) is 0 Å². The van der Waals surface area contributed by atoms with Gasteiger partial charge >= 0.3 is 0 Å². The average molecular weight is 337 g/mol. The van der Waals surface area contributed by atoms with Crippen molar-refractivity contribution in [2.24, 2.45) is 10.2 Å². The fourth-order valence-electron chi connectivity index (χ4n) is 2.18. The van der Waals surface area contributed by atoms with Crippen LogP contribution in [0.4, 0.5) is 5.69 Å². The topological polar surface area (TPSA) is 45.0 Å². The molecule has 2 aromatic carbocycles. The average Bonchev–Trinajstić information content (AvgIpc) is 2.41. The van der Waals surface area contributed by atoms with Crippen molar-refractivity contribution in [3.63, 3.8) is 0 Å². The Kier molecular flexibility index (Phi) is 4.78. The van der Waals surface area contributed by atoms with Crippen molar-refractivity contribution in [2.45, 2.75) is 26.2 Å². The number of aromatic hydroxyl groups is 1. The molecule has 0 aliphatic rings. The van der Waals surface area contributed by atoms with Gasteiger partial charge in [-0.2, -0.15) is 10.2 Å². The number of rotatable bonds is 2. The summed E-state index contributed by atoms with van der Waals surface area (Å²) >= 11 is 12.6. The van der Waals surface area contributed by atoms with Crippen LogP contribution in [-0.4, -0.2) is 12.2 Å². The zero-order valence-electron chi connectivity index (χ0n) is 13.0. The molecule has 0 saturated heterocycles. The van der Waals surface area contributed by atoms with Crippen LogP contribution >= 0.6 is 23.2 Å². The predicted molar refractivity (Wildman–Crippen MR) is 92.7 cm³/mol. The summed E-state index contributed by atoms with van der Waals surface area (Å²) in [5.74, 6) is 0.0219. The summed E-state index contributed by atoms with van der Waals surface area (Å²) in [6.07, 6.45) is 0. The van der Waals surface area contributed by atoms with Crippen LogP contribution in [0.3, 0.4) is 0 Å². The van der Waals surface area contributed by atoms with E-state index in [0.29, 0.717) is 26.9 Å².